The van der Waals surface area contributed by atoms with E-state index in [9.17, 15) is 24.0 Å². The lowest BCUT2D eigenvalue weighted by Crippen LogP contribution is -2.14. The van der Waals surface area contributed by atoms with Gasteiger partial charge in [-0.15, -0.1) is 0 Å². The summed E-state index contributed by atoms with van der Waals surface area (Å²) in [6, 6.07) is 17.6. The molecule has 0 radical (unpaired) electrons. The first-order chi connectivity index (χ1) is 25.6. The second-order valence-electron chi connectivity index (χ2n) is 12.6. The van der Waals surface area contributed by atoms with Crippen molar-refractivity contribution in [2.45, 2.75) is 84.5 Å². The van der Waals surface area contributed by atoms with E-state index in [4.69, 9.17) is 18.9 Å². The summed E-state index contributed by atoms with van der Waals surface area (Å²) in [5, 5.41) is 0. The largest absolute Gasteiger partial charge is 0.466 e. The molecule has 0 bridgehead atoms. The van der Waals surface area contributed by atoms with Gasteiger partial charge in [0.1, 0.15) is 17.1 Å². The van der Waals surface area contributed by atoms with Gasteiger partial charge in [-0.25, -0.2) is 24.0 Å². The number of methoxy groups -OCH3 is 1. The fraction of sp³-hybridized carbons (Fsp3) is 0.372. The van der Waals surface area contributed by atoms with Crippen LogP contribution in [0.2, 0.25) is 0 Å². The lowest BCUT2D eigenvalue weighted by atomic mass is 10.1. The van der Waals surface area contributed by atoms with Crippen LogP contribution in [-0.4, -0.2) is 50.2 Å². The smallest absolute Gasteiger partial charge is 0.343 e. The Morgan fingerprint density at radius 1 is 0.660 bits per heavy atom. The zero-order valence-corrected chi connectivity index (χ0v) is 31.0. The first-order valence-corrected chi connectivity index (χ1v) is 18.1. The van der Waals surface area contributed by atoms with E-state index in [1.807, 2.05) is 12.1 Å². The van der Waals surface area contributed by atoms with Crippen molar-refractivity contribution in [3.63, 3.8) is 0 Å². The maximum absolute atomic E-state index is 13.3. The standard InChI is InChI=1S/C43H50O10/c1-5-15-32-16-21-35(22-17-32)42(47)53-38-26-25-36(52-41(46)34-23-18-33(19-24-34)20-27-39(44)49-4)30-37(38)43(48)51-29-14-12-10-8-6-7-9-11-13-28-50-40(45)31(2)3/h16-27,30H,2,5-15,28-29H2,1,3-4H3. The molecule has 0 aromatic heterocycles. The average Bonchev–Trinajstić information content (AvgIpc) is 3.16. The zero-order chi connectivity index (χ0) is 38.4. The number of carbonyl (C=O) groups is 5. The van der Waals surface area contributed by atoms with Crippen LogP contribution >= 0.6 is 0 Å². The number of unbranched alkanes of at least 4 members (excludes halogenated alkanes) is 8. The molecular formula is C43H50O10. The van der Waals surface area contributed by atoms with Crippen LogP contribution in [0.25, 0.3) is 6.08 Å². The average molecular weight is 727 g/mol. The summed E-state index contributed by atoms with van der Waals surface area (Å²) in [6.45, 7) is 7.88. The summed E-state index contributed by atoms with van der Waals surface area (Å²) in [4.78, 5) is 62.1. The highest BCUT2D eigenvalue weighted by Crippen LogP contribution is 2.27. The molecule has 10 nitrogen and oxygen atoms in total. The van der Waals surface area contributed by atoms with Crippen LogP contribution in [0, 0.1) is 0 Å². The van der Waals surface area contributed by atoms with Crippen molar-refractivity contribution >= 4 is 35.9 Å². The molecule has 0 N–H and O–H groups in total. The van der Waals surface area contributed by atoms with Gasteiger partial charge in [-0.2, -0.15) is 0 Å². The SMILES string of the molecule is C=C(C)C(=O)OCCCCCCCCCCCOC(=O)c1cc(OC(=O)c2ccc(C=CC(=O)OC)cc2)ccc1OC(=O)c1ccc(CCC)cc1. The molecule has 3 aromatic carbocycles. The van der Waals surface area contributed by atoms with E-state index in [2.05, 4.69) is 18.2 Å². The Hall–Kier alpha value is -5.51. The fourth-order valence-electron chi connectivity index (χ4n) is 5.18. The van der Waals surface area contributed by atoms with Crippen LogP contribution in [0.1, 0.15) is 120 Å². The van der Waals surface area contributed by atoms with Gasteiger partial charge >= 0.3 is 29.8 Å². The number of esters is 5. The summed E-state index contributed by atoms with van der Waals surface area (Å²) in [5.74, 6) is -2.82. The van der Waals surface area contributed by atoms with Crippen molar-refractivity contribution < 1.29 is 47.7 Å². The fourth-order valence-corrected chi connectivity index (χ4v) is 5.18. The van der Waals surface area contributed by atoms with Gasteiger partial charge in [-0.05, 0) is 85.9 Å². The van der Waals surface area contributed by atoms with Crippen molar-refractivity contribution in [2.24, 2.45) is 0 Å². The molecule has 282 valence electrons. The molecule has 3 rings (SSSR count). The Kier molecular flexibility index (Phi) is 18.3. The first kappa shape index (κ1) is 41.9. The normalized spacial score (nSPS) is 10.8. The number of ether oxygens (including phenoxy) is 5. The number of aryl methyl sites for hydroxylation is 1. The van der Waals surface area contributed by atoms with Crippen LogP contribution in [0.15, 0.2) is 85.0 Å². The molecule has 0 heterocycles. The van der Waals surface area contributed by atoms with Crippen molar-refractivity contribution in [3.8, 4) is 11.5 Å². The van der Waals surface area contributed by atoms with Crippen LogP contribution in [0.3, 0.4) is 0 Å². The molecule has 0 fully saturated rings. The van der Waals surface area contributed by atoms with Gasteiger partial charge in [-0.1, -0.05) is 89.1 Å². The Morgan fingerprint density at radius 3 is 1.77 bits per heavy atom. The molecule has 0 amide bonds. The highest BCUT2D eigenvalue weighted by Gasteiger charge is 2.21. The van der Waals surface area contributed by atoms with Gasteiger partial charge < -0.3 is 23.7 Å². The van der Waals surface area contributed by atoms with Crippen LogP contribution < -0.4 is 9.47 Å². The first-order valence-electron chi connectivity index (χ1n) is 18.1. The number of hydrogen-bond acceptors (Lipinski definition) is 10. The van der Waals surface area contributed by atoms with Gasteiger partial charge in [0.05, 0.1) is 31.5 Å². The van der Waals surface area contributed by atoms with E-state index in [1.54, 1.807) is 49.4 Å². The Bertz CT molecular complexity index is 1700. The monoisotopic (exact) mass is 726 g/mol. The van der Waals surface area contributed by atoms with Crippen molar-refractivity contribution in [2.75, 3.05) is 20.3 Å². The Labute approximate surface area is 312 Å². The van der Waals surface area contributed by atoms with Crippen molar-refractivity contribution in [1.29, 1.82) is 0 Å². The number of carbonyl (C=O) groups excluding carboxylic acids is 5. The summed E-state index contributed by atoms with van der Waals surface area (Å²) in [5.41, 5.74) is 2.71. The molecular weight excluding hydrogens is 676 g/mol. The highest BCUT2D eigenvalue weighted by atomic mass is 16.6. The van der Waals surface area contributed by atoms with Crippen LogP contribution in [0.5, 0.6) is 11.5 Å². The molecule has 3 aromatic rings. The molecule has 0 unspecified atom stereocenters. The van der Waals surface area contributed by atoms with Crippen molar-refractivity contribution in [1.82, 2.24) is 0 Å². The van der Waals surface area contributed by atoms with E-state index < -0.39 is 23.9 Å². The van der Waals surface area contributed by atoms with Gasteiger partial charge in [0, 0.05) is 11.6 Å². The van der Waals surface area contributed by atoms with Gasteiger partial charge in [0.25, 0.3) is 0 Å². The van der Waals surface area contributed by atoms with E-state index in [-0.39, 0.29) is 35.2 Å². The lowest BCUT2D eigenvalue weighted by molar-refractivity contribution is -0.139. The minimum absolute atomic E-state index is 0.0202. The minimum atomic E-state index is -0.709. The molecule has 0 aliphatic carbocycles. The molecule has 0 aliphatic rings. The summed E-state index contributed by atoms with van der Waals surface area (Å²) < 4.78 is 26.5. The third-order valence-electron chi connectivity index (χ3n) is 8.18. The van der Waals surface area contributed by atoms with E-state index in [0.717, 1.165) is 69.8 Å². The molecule has 0 atom stereocenters. The Balaban J connectivity index is 1.55. The maximum atomic E-state index is 13.3. The number of hydrogen-bond donors (Lipinski definition) is 0. The zero-order valence-electron chi connectivity index (χ0n) is 31.0. The van der Waals surface area contributed by atoms with E-state index in [0.29, 0.717) is 29.7 Å². The number of rotatable bonds is 22. The molecule has 0 saturated heterocycles. The molecule has 53 heavy (non-hydrogen) atoms. The van der Waals surface area contributed by atoms with Gasteiger partial charge in [0.2, 0.25) is 0 Å². The molecule has 0 saturated carbocycles. The van der Waals surface area contributed by atoms with Gasteiger partial charge in [0.15, 0.2) is 0 Å². The molecule has 0 aliphatic heterocycles. The second-order valence-corrected chi connectivity index (χ2v) is 12.6. The third-order valence-corrected chi connectivity index (χ3v) is 8.18. The van der Waals surface area contributed by atoms with E-state index >= 15 is 0 Å². The Morgan fingerprint density at radius 2 is 1.21 bits per heavy atom. The summed E-state index contributed by atoms with van der Waals surface area (Å²) in [6.07, 6.45) is 13.4. The molecule has 10 heteroatoms. The number of benzene rings is 3. The lowest BCUT2D eigenvalue weighted by Gasteiger charge is -2.13. The van der Waals surface area contributed by atoms with Crippen molar-refractivity contribution in [3.05, 3.63) is 113 Å². The molecule has 0 spiro atoms. The topological polar surface area (TPSA) is 132 Å². The van der Waals surface area contributed by atoms with Crippen LogP contribution in [-0.2, 0) is 30.2 Å². The minimum Gasteiger partial charge on any atom is -0.466 e. The quantitative estimate of drug-likeness (QED) is 0.0325. The summed E-state index contributed by atoms with van der Waals surface area (Å²) in [7, 11) is 1.28. The summed E-state index contributed by atoms with van der Waals surface area (Å²) >= 11 is 0. The highest BCUT2D eigenvalue weighted by molar-refractivity contribution is 5.97. The second kappa shape index (κ2) is 23.1. The van der Waals surface area contributed by atoms with E-state index in [1.165, 1.54) is 31.4 Å². The maximum Gasteiger partial charge on any atom is 0.343 e. The van der Waals surface area contributed by atoms with Crippen LogP contribution in [0.4, 0.5) is 0 Å². The third kappa shape index (κ3) is 15.3. The predicted molar refractivity (Wildman–Crippen MR) is 202 cm³/mol. The van der Waals surface area contributed by atoms with Gasteiger partial charge in [-0.3, -0.25) is 0 Å². The predicted octanol–water partition coefficient (Wildman–Crippen LogP) is 9.05.